The van der Waals surface area contributed by atoms with E-state index in [-0.39, 0.29) is 23.3 Å². The Labute approximate surface area is 148 Å². The minimum atomic E-state index is -1.13. The van der Waals surface area contributed by atoms with Crippen molar-refractivity contribution in [2.45, 2.75) is 12.8 Å². The number of ketones is 2. The SMILES string of the molecule is CC(c1ccc2c(c1)C(=O)c1ccccc1C2=O)c1cnc(C(=O)O)[nH]1. The molecule has 1 aliphatic carbocycles. The van der Waals surface area contributed by atoms with Crippen LogP contribution in [0.1, 0.15) is 66.6 Å². The van der Waals surface area contributed by atoms with Crippen molar-refractivity contribution in [2.75, 3.05) is 0 Å². The molecule has 0 amide bonds. The maximum Gasteiger partial charge on any atom is 0.371 e. The van der Waals surface area contributed by atoms with Crippen LogP contribution in [0.5, 0.6) is 0 Å². The van der Waals surface area contributed by atoms with Gasteiger partial charge in [0.1, 0.15) is 0 Å². The summed E-state index contributed by atoms with van der Waals surface area (Å²) in [4.78, 5) is 43.0. The van der Waals surface area contributed by atoms with Gasteiger partial charge in [0.15, 0.2) is 11.6 Å². The number of hydrogen-bond acceptors (Lipinski definition) is 4. The summed E-state index contributed by atoms with van der Waals surface area (Å²) in [6.07, 6.45) is 1.47. The number of carboxylic acid groups (broad SMARTS) is 1. The Morgan fingerprint density at radius 2 is 1.62 bits per heavy atom. The van der Waals surface area contributed by atoms with Gasteiger partial charge in [-0.2, -0.15) is 0 Å². The van der Waals surface area contributed by atoms with E-state index in [1.807, 2.05) is 6.92 Å². The number of nitrogens with zero attached hydrogens (tertiary/aromatic N) is 1. The van der Waals surface area contributed by atoms with E-state index >= 15 is 0 Å². The molecule has 128 valence electrons. The Balaban J connectivity index is 1.76. The highest BCUT2D eigenvalue weighted by atomic mass is 16.4. The van der Waals surface area contributed by atoms with E-state index in [4.69, 9.17) is 5.11 Å². The molecule has 0 saturated carbocycles. The molecule has 1 aromatic heterocycles. The third-order valence-electron chi connectivity index (χ3n) is 4.71. The Kier molecular flexibility index (Phi) is 3.54. The molecule has 0 saturated heterocycles. The van der Waals surface area contributed by atoms with Gasteiger partial charge in [0.25, 0.3) is 0 Å². The number of benzene rings is 2. The molecule has 6 heteroatoms. The van der Waals surface area contributed by atoms with E-state index in [1.54, 1.807) is 42.5 Å². The zero-order valence-corrected chi connectivity index (χ0v) is 13.8. The van der Waals surface area contributed by atoms with Crippen LogP contribution in [0.2, 0.25) is 0 Å². The van der Waals surface area contributed by atoms with Crippen LogP contribution in [0.3, 0.4) is 0 Å². The maximum absolute atomic E-state index is 12.8. The second kappa shape index (κ2) is 5.77. The van der Waals surface area contributed by atoms with Gasteiger partial charge in [0.05, 0.1) is 0 Å². The maximum atomic E-state index is 12.8. The van der Waals surface area contributed by atoms with E-state index in [0.29, 0.717) is 27.9 Å². The second-order valence-electron chi connectivity index (χ2n) is 6.22. The molecule has 6 nitrogen and oxygen atoms in total. The van der Waals surface area contributed by atoms with E-state index < -0.39 is 5.97 Å². The van der Waals surface area contributed by atoms with Crippen LogP contribution in [0.25, 0.3) is 0 Å². The van der Waals surface area contributed by atoms with Gasteiger partial charge in [-0.25, -0.2) is 9.78 Å². The van der Waals surface area contributed by atoms with Gasteiger partial charge in [-0.1, -0.05) is 37.3 Å². The fraction of sp³-hybridized carbons (Fsp3) is 0.100. The van der Waals surface area contributed by atoms with Gasteiger partial charge in [-0.05, 0) is 17.7 Å². The molecule has 26 heavy (non-hydrogen) atoms. The second-order valence-corrected chi connectivity index (χ2v) is 6.22. The lowest BCUT2D eigenvalue weighted by Gasteiger charge is -2.19. The van der Waals surface area contributed by atoms with Gasteiger partial charge in [-0.3, -0.25) is 9.59 Å². The lowest BCUT2D eigenvalue weighted by atomic mass is 9.82. The minimum Gasteiger partial charge on any atom is -0.475 e. The van der Waals surface area contributed by atoms with Crippen molar-refractivity contribution in [1.29, 1.82) is 0 Å². The molecule has 2 N–H and O–H groups in total. The lowest BCUT2D eigenvalue weighted by molar-refractivity contribution is 0.0684. The fourth-order valence-corrected chi connectivity index (χ4v) is 3.23. The molecule has 0 aliphatic heterocycles. The predicted molar refractivity (Wildman–Crippen MR) is 92.8 cm³/mol. The smallest absolute Gasteiger partial charge is 0.371 e. The summed E-state index contributed by atoms with van der Waals surface area (Å²) in [6, 6.07) is 11.9. The summed E-state index contributed by atoms with van der Waals surface area (Å²) in [6.45, 7) is 1.88. The Bertz CT molecular complexity index is 1080. The lowest BCUT2D eigenvalue weighted by Crippen LogP contribution is -2.21. The summed E-state index contributed by atoms with van der Waals surface area (Å²) in [5, 5.41) is 8.99. The number of carbonyl (C=O) groups excluding carboxylic acids is 2. The van der Waals surface area contributed by atoms with Gasteiger partial charge in [0, 0.05) is 40.1 Å². The van der Waals surface area contributed by atoms with Crippen molar-refractivity contribution in [1.82, 2.24) is 9.97 Å². The number of H-pyrrole nitrogens is 1. The van der Waals surface area contributed by atoms with Crippen molar-refractivity contribution >= 4 is 17.5 Å². The molecule has 3 aromatic rings. The molecule has 0 radical (unpaired) electrons. The quantitative estimate of drug-likeness (QED) is 0.594. The average molecular weight is 346 g/mol. The molecule has 0 spiro atoms. The van der Waals surface area contributed by atoms with Crippen LogP contribution < -0.4 is 0 Å². The monoisotopic (exact) mass is 346 g/mol. The average Bonchev–Trinajstić information content (AvgIpc) is 3.15. The van der Waals surface area contributed by atoms with Crippen LogP contribution in [0.15, 0.2) is 48.7 Å². The first-order valence-electron chi connectivity index (χ1n) is 8.08. The van der Waals surface area contributed by atoms with Crippen molar-refractivity contribution in [3.8, 4) is 0 Å². The molecule has 2 aromatic carbocycles. The van der Waals surface area contributed by atoms with Crippen LogP contribution in [0.4, 0.5) is 0 Å². The van der Waals surface area contributed by atoms with Crippen molar-refractivity contribution in [2.24, 2.45) is 0 Å². The van der Waals surface area contributed by atoms with Crippen molar-refractivity contribution in [3.05, 3.63) is 88.0 Å². The normalized spacial score (nSPS) is 13.9. The van der Waals surface area contributed by atoms with Crippen LogP contribution in [0, 0.1) is 0 Å². The molecule has 1 aliphatic rings. The molecule has 4 rings (SSSR count). The summed E-state index contributed by atoms with van der Waals surface area (Å²) in [5.74, 6) is -1.82. The van der Waals surface area contributed by atoms with Gasteiger partial charge in [-0.15, -0.1) is 0 Å². The number of rotatable bonds is 3. The van der Waals surface area contributed by atoms with E-state index in [0.717, 1.165) is 5.56 Å². The zero-order chi connectivity index (χ0) is 18.4. The first kappa shape index (κ1) is 16.0. The number of aromatic nitrogens is 2. The third kappa shape index (κ3) is 2.35. The van der Waals surface area contributed by atoms with Crippen LogP contribution in [-0.2, 0) is 0 Å². The highest BCUT2D eigenvalue weighted by Crippen LogP contribution is 2.31. The summed E-state index contributed by atoms with van der Waals surface area (Å²) >= 11 is 0. The van der Waals surface area contributed by atoms with Crippen molar-refractivity contribution < 1.29 is 19.5 Å². The molecule has 0 bridgehead atoms. The molecule has 1 atom stereocenters. The van der Waals surface area contributed by atoms with Gasteiger partial charge in [0.2, 0.25) is 5.82 Å². The Morgan fingerprint density at radius 3 is 2.23 bits per heavy atom. The Hall–Kier alpha value is -3.54. The molecule has 1 heterocycles. The summed E-state index contributed by atoms with van der Waals surface area (Å²) < 4.78 is 0. The fourth-order valence-electron chi connectivity index (χ4n) is 3.23. The molecule has 0 fully saturated rings. The highest BCUT2D eigenvalue weighted by Gasteiger charge is 2.30. The number of aromatic carboxylic acids is 1. The topological polar surface area (TPSA) is 100 Å². The van der Waals surface area contributed by atoms with Crippen LogP contribution >= 0.6 is 0 Å². The highest BCUT2D eigenvalue weighted by molar-refractivity contribution is 6.28. The van der Waals surface area contributed by atoms with Crippen molar-refractivity contribution in [3.63, 3.8) is 0 Å². The third-order valence-corrected chi connectivity index (χ3v) is 4.71. The minimum absolute atomic E-state index is 0.134. The summed E-state index contributed by atoms with van der Waals surface area (Å²) in [5.41, 5.74) is 3.01. The van der Waals surface area contributed by atoms with E-state index in [2.05, 4.69) is 9.97 Å². The first-order chi connectivity index (χ1) is 12.5. The number of fused-ring (bicyclic) bond motifs is 2. The largest absolute Gasteiger partial charge is 0.475 e. The number of imidazole rings is 1. The molecule has 1 unspecified atom stereocenters. The standard InChI is InChI=1S/C20H14N2O4/c1-10(16-9-21-19(22-16)20(25)26)11-6-7-14-15(8-11)18(24)13-5-3-2-4-12(13)17(14)23/h2-10H,1H3,(H,21,22)(H,25,26). The summed E-state index contributed by atoms with van der Waals surface area (Å²) in [7, 11) is 0. The van der Waals surface area contributed by atoms with E-state index in [9.17, 15) is 14.4 Å². The van der Waals surface area contributed by atoms with Gasteiger partial charge < -0.3 is 10.1 Å². The number of carboxylic acids is 1. The number of carbonyl (C=O) groups is 3. The zero-order valence-electron chi connectivity index (χ0n) is 13.8. The number of nitrogens with one attached hydrogen (secondary N) is 1. The number of aromatic amines is 1. The predicted octanol–water partition coefficient (Wildman–Crippen LogP) is 3.04. The molecular formula is C20H14N2O4. The Morgan fingerprint density at radius 1 is 1.00 bits per heavy atom. The molecular weight excluding hydrogens is 332 g/mol. The first-order valence-corrected chi connectivity index (χ1v) is 8.08. The van der Waals surface area contributed by atoms with Gasteiger partial charge >= 0.3 is 5.97 Å². The van der Waals surface area contributed by atoms with Crippen LogP contribution in [-0.4, -0.2) is 32.6 Å². The number of hydrogen-bond donors (Lipinski definition) is 2. The van der Waals surface area contributed by atoms with E-state index in [1.165, 1.54) is 6.20 Å².